The number of nitrogens with zero attached hydrogens (tertiary/aromatic N) is 1. The third-order valence-electron chi connectivity index (χ3n) is 5.73. The predicted octanol–water partition coefficient (Wildman–Crippen LogP) is 4.16. The van der Waals surface area contributed by atoms with E-state index in [1.165, 1.54) is 22.7 Å². The number of sulfonamides is 1. The second kappa shape index (κ2) is 10.2. The molecule has 0 aliphatic rings. The van der Waals surface area contributed by atoms with E-state index in [9.17, 15) is 21.6 Å². The fourth-order valence-electron chi connectivity index (χ4n) is 3.66. The summed E-state index contributed by atoms with van der Waals surface area (Å²) in [4.78, 5) is 13.0. The van der Waals surface area contributed by atoms with Crippen LogP contribution in [-0.4, -0.2) is 35.3 Å². The molecule has 3 rings (SSSR count). The summed E-state index contributed by atoms with van der Waals surface area (Å²) < 4.78 is 49.7. The molecule has 9 heteroatoms. The molecular weight excluding hydrogens is 484 g/mol. The Labute approximate surface area is 207 Å². The quantitative estimate of drug-likeness (QED) is 0.486. The minimum atomic E-state index is -3.52. The maximum absolute atomic E-state index is 12.7. The molecule has 3 aromatic carbocycles. The summed E-state index contributed by atoms with van der Waals surface area (Å²) >= 11 is 0. The van der Waals surface area contributed by atoms with Crippen LogP contribution in [0.5, 0.6) is 0 Å². The number of nitrogens with one attached hydrogen (secondary N) is 1. The van der Waals surface area contributed by atoms with E-state index >= 15 is 0 Å². The summed E-state index contributed by atoms with van der Waals surface area (Å²) in [6.45, 7) is 5.75. The van der Waals surface area contributed by atoms with Crippen LogP contribution >= 0.6 is 0 Å². The third-order valence-corrected chi connectivity index (χ3v) is 7.99. The van der Waals surface area contributed by atoms with Crippen LogP contribution in [-0.2, 0) is 26.4 Å². The Hall–Kier alpha value is -3.17. The summed E-state index contributed by atoms with van der Waals surface area (Å²) in [7, 11) is -6.81. The highest BCUT2D eigenvalue weighted by atomic mass is 32.2. The number of hydrogen-bond acceptors (Lipinski definition) is 5. The van der Waals surface area contributed by atoms with E-state index in [4.69, 9.17) is 0 Å². The van der Waals surface area contributed by atoms with Gasteiger partial charge < -0.3 is 5.32 Å². The second-order valence-corrected chi connectivity index (χ2v) is 12.7. The maximum Gasteiger partial charge on any atom is 0.251 e. The molecule has 3 aromatic rings. The predicted molar refractivity (Wildman–Crippen MR) is 139 cm³/mol. The molecule has 0 aromatic heterocycles. The van der Waals surface area contributed by atoms with Crippen molar-refractivity contribution >= 4 is 31.5 Å². The van der Waals surface area contributed by atoms with Gasteiger partial charge in [0.2, 0.25) is 10.0 Å². The van der Waals surface area contributed by atoms with Gasteiger partial charge >= 0.3 is 0 Å². The SMILES string of the molecule is Cc1ccc(C)c(N(Cc2ccc(C(=O)N[C@H](C)c3ccc(S(C)(=O)=O)cc3)cc2)S(C)(=O)=O)c1. The highest BCUT2D eigenvalue weighted by Crippen LogP contribution is 2.26. The van der Waals surface area contributed by atoms with E-state index in [-0.39, 0.29) is 23.4 Å². The van der Waals surface area contributed by atoms with Gasteiger partial charge in [0, 0.05) is 11.8 Å². The molecular formula is C26H30N2O5S2. The molecule has 0 saturated carbocycles. The minimum absolute atomic E-state index is 0.147. The highest BCUT2D eigenvalue weighted by Gasteiger charge is 2.20. The number of rotatable bonds is 8. The first-order valence-electron chi connectivity index (χ1n) is 11.0. The molecule has 0 unspecified atom stereocenters. The molecule has 186 valence electrons. The molecule has 1 N–H and O–H groups in total. The lowest BCUT2D eigenvalue weighted by atomic mass is 10.1. The third kappa shape index (κ3) is 6.70. The van der Waals surface area contributed by atoms with Gasteiger partial charge in [-0.05, 0) is 73.4 Å². The lowest BCUT2D eigenvalue weighted by molar-refractivity contribution is 0.0940. The number of sulfone groups is 1. The number of amides is 1. The van der Waals surface area contributed by atoms with Crippen LogP contribution in [0, 0.1) is 13.8 Å². The minimum Gasteiger partial charge on any atom is -0.346 e. The zero-order chi connectivity index (χ0) is 26.0. The monoisotopic (exact) mass is 514 g/mol. The smallest absolute Gasteiger partial charge is 0.251 e. The topological polar surface area (TPSA) is 101 Å². The van der Waals surface area contributed by atoms with Gasteiger partial charge in [-0.15, -0.1) is 0 Å². The Morgan fingerprint density at radius 2 is 1.49 bits per heavy atom. The van der Waals surface area contributed by atoms with Crippen LogP contribution in [0.4, 0.5) is 5.69 Å². The number of carbonyl (C=O) groups is 1. The van der Waals surface area contributed by atoms with Gasteiger partial charge in [-0.25, -0.2) is 16.8 Å². The molecule has 7 nitrogen and oxygen atoms in total. The second-order valence-electron chi connectivity index (χ2n) is 8.79. The molecule has 1 amide bonds. The lowest BCUT2D eigenvalue weighted by Gasteiger charge is -2.25. The van der Waals surface area contributed by atoms with Gasteiger partial charge in [0.25, 0.3) is 5.91 Å². The summed E-state index contributed by atoms with van der Waals surface area (Å²) in [5, 5.41) is 2.90. The molecule has 0 fully saturated rings. The average molecular weight is 515 g/mol. The largest absolute Gasteiger partial charge is 0.346 e. The van der Waals surface area contributed by atoms with Gasteiger partial charge in [-0.3, -0.25) is 9.10 Å². The first kappa shape index (κ1) is 26.4. The van der Waals surface area contributed by atoms with E-state index in [2.05, 4.69) is 5.32 Å². The van der Waals surface area contributed by atoms with Crippen molar-refractivity contribution in [2.24, 2.45) is 0 Å². The van der Waals surface area contributed by atoms with Crippen molar-refractivity contribution in [3.63, 3.8) is 0 Å². The summed E-state index contributed by atoms with van der Waals surface area (Å²) in [5.41, 5.74) is 4.41. The standard InChI is InChI=1S/C26H30N2O5S2/c1-18-6-7-19(2)25(16-18)28(35(5,32)33)17-21-8-10-23(11-9-21)26(29)27-20(3)22-12-14-24(15-13-22)34(4,30)31/h6-16,20H,17H2,1-5H3,(H,27,29)/t20-/m1/s1. The van der Waals surface area contributed by atoms with E-state index in [0.717, 1.165) is 28.5 Å². The van der Waals surface area contributed by atoms with Gasteiger partial charge in [0.05, 0.1) is 29.4 Å². The van der Waals surface area contributed by atoms with Gasteiger partial charge in [0.1, 0.15) is 0 Å². The Kier molecular flexibility index (Phi) is 7.71. The average Bonchev–Trinajstić information content (AvgIpc) is 2.78. The number of hydrogen-bond donors (Lipinski definition) is 1. The van der Waals surface area contributed by atoms with Crippen LogP contribution < -0.4 is 9.62 Å². The molecule has 0 radical (unpaired) electrons. The molecule has 0 saturated heterocycles. The number of carbonyl (C=O) groups excluding carboxylic acids is 1. The Bertz CT molecular complexity index is 1430. The van der Waals surface area contributed by atoms with Crippen molar-refractivity contribution in [3.05, 3.63) is 94.5 Å². The van der Waals surface area contributed by atoms with E-state index in [1.54, 1.807) is 36.4 Å². The molecule has 0 aliphatic heterocycles. The molecule has 0 aliphatic carbocycles. The zero-order valence-corrected chi connectivity index (χ0v) is 22.1. The highest BCUT2D eigenvalue weighted by molar-refractivity contribution is 7.92. The van der Waals surface area contributed by atoms with Crippen LogP contribution in [0.15, 0.2) is 71.6 Å². The van der Waals surface area contributed by atoms with E-state index in [0.29, 0.717) is 11.3 Å². The molecule has 0 spiro atoms. The van der Waals surface area contributed by atoms with Gasteiger partial charge in [-0.1, -0.05) is 36.4 Å². The summed E-state index contributed by atoms with van der Waals surface area (Å²) in [6, 6.07) is 18.5. The lowest BCUT2D eigenvalue weighted by Crippen LogP contribution is -2.30. The Morgan fingerprint density at radius 3 is 2.03 bits per heavy atom. The van der Waals surface area contributed by atoms with Crippen LogP contribution in [0.3, 0.4) is 0 Å². The number of aryl methyl sites for hydroxylation is 2. The van der Waals surface area contributed by atoms with Crippen molar-refractivity contribution in [2.75, 3.05) is 16.8 Å². The van der Waals surface area contributed by atoms with Crippen molar-refractivity contribution < 1.29 is 21.6 Å². The summed E-state index contributed by atoms with van der Waals surface area (Å²) in [5.74, 6) is -0.286. The molecule has 0 bridgehead atoms. The van der Waals surface area contributed by atoms with Gasteiger partial charge in [0.15, 0.2) is 9.84 Å². The van der Waals surface area contributed by atoms with Crippen molar-refractivity contribution in [1.29, 1.82) is 0 Å². The van der Waals surface area contributed by atoms with E-state index < -0.39 is 19.9 Å². The molecule has 1 atom stereocenters. The fraction of sp³-hybridized carbons (Fsp3) is 0.269. The zero-order valence-electron chi connectivity index (χ0n) is 20.4. The first-order valence-corrected chi connectivity index (χ1v) is 14.7. The summed E-state index contributed by atoms with van der Waals surface area (Å²) in [6.07, 6.45) is 2.33. The normalized spacial score (nSPS) is 12.7. The Balaban J connectivity index is 1.74. The van der Waals surface area contributed by atoms with Crippen molar-refractivity contribution in [3.8, 4) is 0 Å². The van der Waals surface area contributed by atoms with Crippen molar-refractivity contribution in [2.45, 2.75) is 38.3 Å². The number of anilines is 1. The van der Waals surface area contributed by atoms with Gasteiger partial charge in [-0.2, -0.15) is 0 Å². The van der Waals surface area contributed by atoms with Crippen LogP contribution in [0.2, 0.25) is 0 Å². The Morgan fingerprint density at radius 1 is 0.886 bits per heavy atom. The molecule has 0 heterocycles. The first-order chi connectivity index (χ1) is 16.3. The fourth-order valence-corrected chi connectivity index (χ4v) is 5.23. The maximum atomic E-state index is 12.7. The molecule has 35 heavy (non-hydrogen) atoms. The van der Waals surface area contributed by atoms with Crippen LogP contribution in [0.1, 0.15) is 45.6 Å². The van der Waals surface area contributed by atoms with Crippen LogP contribution in [0.25, 0.3) is 0 Å². The van der Waals surface area contributed by atoms with E-state index in [1.807, 2.05) is 39.0 Å². The van der Waals surface area contributed by atoms with Crippen molar-refractivity contribution in [1.82, 2.24) is 5.32 Å². The number of benzene rings is 3.